The first-order valence-corrected chi connectivity index (χ1v) is 10.1. The number of carbonyl (C=O) groups is 1. The van der Waals surface area contributed by atoms with Crippen LogP contribution in [0, 0.1) is 12.7 Å². The molecule has 0 spiro atoms. The second-order valence-corrected chi connectivity index (χ2v) is 8.19. The van der Waals surface area contributed by atoms with E-state index in [0.717, 1.165) is 17.3 Å². The maximum atomic E-state index is 13.3. The molecule has 2 heterocycles. The van der Waals surface area contributed by atoms with Crippen LogP contribution >= 0.6 is 0 Å². The van der Waals surface area contributed by atoms with E-state index in [1.807, 2.05) is 0 Å². The fraction of sp³-hybridized carbons (Fsp3) is 0.150. The van der Waals surface area contributed by atoms with Crippen LogP contribution in [0.4, 0.5) is 15.8 Å². The van der Waals surface area contributed by atoms with Gasteiger partial charge in [0.15, 0.2) is 5.76 Å². The number of carbonyl (C=O) groups excluding carboxylic acids is 1. The lowest BCUT2D eigenvalue weighted by Crippen LogP contribution is -2.28. The van der Waals surface area contributed by atoms with Crippen LogP contribution < -0.4 is 9.62 Å². The van der Waals surface area contributed by atoms with Crippen LogP contribution in [0.2, 0.25) is 0 Å². The zero-order chi connectivity index (χ0) is 19.9. The summed E-state index contributed by atoms with van der Waals surface area (Å²) < 4.78 is 46.3. The number of halogens is 1. The average Bonchev–Trinajstić information content (AvgIpc) is 3.30. The van der Waals surface area contributed by atoms with Gasteiger partial charge in [0.1, 0.15) is 5.82 Å². The molecule has 1 N–H and O–H groups in total. The Morgan fingerprint density at radius 3 is 2.71 bits per heavy atom. The van der Waals surface area contributed by atoms with Gasteiger partial charge in [0, 0.05) is 17.9 Å². The summed E-state index contributed by atoms with van der Waals surface area (Å²) >= 11 is 0. The van der Waals surface area contributed by atoms with Crippen molar-refractivity contribution in [2.24, 2.45) is 0 Å². The number of rotatable bonds is 4. The predicted octanol–water partition coefficient (Wildman–Crippen LogP) is 3.73. The third-order valence-electron chi connectivity index (χ3n) is 4.63. The predicted molar refractivity (Wildman–Crippen MR) is 102 cm³/mol. The summed E-state index contributed by atoms with van der Waals surface area (Å²) in [6, 6.07) is 11.8. The first-order chi connectivity index (χ1) is 13.3. The highest BCUT2D eigenvalue weighted by atomic mass is 32.2. The first kappa shape index (κ1) is 18.2. The molecule has 1 aliphatic rings. The van der Waals surface area contributed by atoms with Crippen LogP contribution in [0.3, 0.4) is 0 Å². The van der Waals surface area contributed by atoms with Gasteiger partial charge in [0.25, 0.3) is 15.9 Å². The lowest BCUT2D eigenvalue weighted by atomic mass is 10.1. The topological polar surface area (TPSA) is 79.6 Å². The monoisotopic (exact) mass is 400 g/mol. The van der Waals surface area contributed by atoms with E-state index in [9.17, 15) is 17.6 Å². The number of sulfonamides is 1. The van der Waals surface area contributed by atoms with Crippen molar-refractivity contribution in [1.82, 2.24) is 0 Å². The van der Waals surface area contributed by atoms with E-state index >= 15 is 0 Å². The highest BCUT2D eigenvalue weighted by Gasteiger charge is 2.27. The minimum Gasteiger partial charge on any atom is -0.459 e. The van der Waals surface area contributed by atoms with Crippen molar-refractivity contribution in [3.63, 3.8) is 0 Å². The number of hydrogen-bond donors (Lipinski definition) is 1. The van der Waals surface area contributed by atoms with E-state index < -0.39 is 15.8 Å². The summed E-state index contributed by atoms with van der Waals surface area (Å²) in [5, 5.41) is 0. The van der Waals surface area contributed by atoms with Crippen LogP contribution in [0.5, 0.6) is 0 Å². The summed E-state index contributed by atoms with van der Waals surface area (Å²) in [5.74, 6) is -0.473. The lowest BCUT2D eigenvalue weighted by Gasteiger charge is -2.16. The number of aryl methyl sites for hydroxylation is 1. The molecule has 2 aromatic carbocycles. The largest absolute Gasteiger partial charge is 0.459 e. The molecule has 6 nitrogen and oxygen atoms in total. The summed E-state index contributed by atoms with van der Waals surface area (Å²) in [6.45, 7) is 2.03. The SMILES string of the molecule is Cc1cc(F)ccc1S(=O)(=O)Nc1ccc2c(c1)CCN2C(=O)c1ccco1. The Morgan fingerprint density at radius 2 is 2.00 bits per heavy atom. The van der Waals surface area contributed by atoms with Crippen molar-refractivity contribution in [1.29, 1.82) is 0 Å². The van der Waals surface area contributed by atoms with E-state index in [4.69, 9.17) is 4.42 Å². The van der Waals surface area contributed by atoms with Crippen molar-refractivity contribution in [2.45, 2.75) is 18.2 Å². The minimum atomic E-state index is -3.86. The van der Waals surface area contributed by atoms with E-state index in [1.54, 1.807) is 42.2 Å². The molecule has 0 bridgehead atoms. The molecule has 0 saturated carbocycles. The number of hydrogen-bond acceptors (Lipinski definition) is 4. The molecule has 0 unspecified atom stereocenters. The van der Waals surface area contributed by atoms with Crippen molar-refractivity contribution in [2.75, 3.05) is 16.2 Å². The molecule has 0 saturated heterocycles. The molecule has 28 heavy (non-hydrogen) atoms. The zero-order valence-corrected chi connectivity index (χ0v) is 15.8. The number of furan rings is 1. The maximum Gasteiger partial charge on any atom is 0.293 e. The second-order valence-electron chi connectivity index (χ2n) is 6.54. The normalized spacial score (nSPS) is 13.4. The fourth-order valence-corrected chi connectivity index (χ4v) is 4.61. The second kappa shape index (κ2) is 6.79. The average molecular weight is 400 g/mol. The Labute approximate surface area is 161 Å². The molecule has 144 valence electrons. The van der Waals surface area contributed by atoms with Crippen LogP contribution in [0.1, 0.15) is 21.7 Å². The van der Waals surface area contributed by atoms with Crippen molar-refractivity contribution in [3.8, 4) is 0 Å². The van der Waals surface area contributed by atoms with E-state index in [2.05, 4.69) is 4.72 Å². The van der Waals surface area contributed by atoms with Gasteiger partial charge in [0.05, 0.1) is 11.2 Å². The Balaban J connectivity index is 1.59. The number of anilines is 2. The molecular weight excluding hydrogens is 383 g/mol. The molecule has 0 aliphatic carbocycles. The smallest absolute Gasteiger partial charge is 0.293 e. The number of fused-ring (bicyclic) bond motifs is 1. The van der Waals surface area contributed by atoms with E-state index in [0.29, 0.717) is 24.2 Å². The van der Waals surface area contributed by atoms with Crippen molar-refractivity contribution >= 4 is 27.3 Å². The summed E-state index contributed by atoms with van der Waals surface area (Å²) in [5.41, 5.74) is 2.29. The molecule has 8 heteroatoms. The van der Waals surface area contributed by atoms with Gasteiger partial charge in [-0.25, -0.2) is 12.8 Å². The van der Waals surface area contributed by atoms with Crippen molar-refractivity contribution in [3.05, 3.63) is 77.5 Å². The third-order valence-corrected chi connectivity index (χ3v) is 6.17. The highest BCUT2D eigenvalue weighted by Crippen LogP contribution is 2.32. The molecule has 1 aromatic heterocycles. The Bertz CT molecular complexity index is 1160. The third kappa shape index (κ3) is 3.27. The number of amides is 1. The van der Waals surface area contributed by atoms with Gasteiger partial charge < -0.3 is 9.32 Å². The molecule has 1 amide bonds. The summed E-state index contributed by atoms with van der Waals surface area (Å²) in [7, 11) is -3.86. The summed E-state index contributed by atoms with van der Waals surface area (Å²) in [4.78, 5) is 14.1. The van der Waals surface area contributed by atoms with Gasteiger partial charge in [-0.15, -0.1) is 0 Å². The van der Waals surface area contributed by atoms with E-state index in [1.165, 1.54) is 18.4 Å². The Kier molecular flexibility index (Phi) is 4.43. The molecule has 1 aliphatic heterocycles. The Hall–Kier alpha value is -3.13. The Morgan fingerprint density at radius 1 is 1.18 bits per heavy atom. The molecule has 0 fully saturated rings. The number of nitrogens with one attached hydrogen (secondary N) is 1. The quantitative estimate of drug-likeness (QED) is 0.724. The van der Waals surface area contributed by atoms with Crippen LogP contribution in [0.25, 0.3) is 0 Å². The standard InChI is InChI=1S/C20H17FN2O4S/c1-13-11-15(21)4-7-19(13)28(25,26)22-16-5-6-17-14(12-16)8-9-23(17)20(24)18-3-2-10-27-18/h2-7,10-12,22H,8-9H2,1H3. The number of benzene rings is 2. The molecule has 3 aromatic rings. The molecule has 0 radical (unpaired) electrons. The van der Waals surface area contributed by atoms with Crippen LogP contribution in [-0.4, -0.2) is 20.9 Å². The lowest BCUT2D eigenvalue weighted by molar-refractivity contribution is 0.0963. The van der Waals surface area contributed by atoms with Crippen molar-refractivity contribution < 1.29 is 22.0 Å². The highest BCUT2D eigenvalue weighted by molar-refractivity contribution is 7.92. The van der Waals surface area contributed by atoms with Gasteiger partial charge in [-0.2, -0.15) is 0 Å². The zero-order valence-electron chi connectivity index (χ0n) is 15.0. The molecule has 4 rings (SSSR count). The fourth-order valence-electron chi connectivity index (χ4n) is 3.33. The first-order valence-electron chi connectivity index (χ1n) is 8.62. The van der Waals surface area contributed by atoms with Gasteiger partial charge in [-0.3, -0.25) is 9.52 Å². The van der Waals surface area contributed by atoms with Crippen LogP contribution in [0.15, 0.2) is 64.1 Å². The molecule has 0 atom stereocenters. The van der Waals surface area contributed by atoms with Gasteiger partial charge in [0.2, 0.25) is 0 Å². The number of nitrogens with zero attached hydrogens (tertiary/aromatic N) is 1. The van der Waals surface area contributed by atoms with E-state index in [-0.39, 0.29) is 16.6 Å². The van der Waals surface area contributed by atoms with Crippen LogP contribution in [-0.2, 0) is 16.4 Å². The minimum absolute atomic E-state index is 0.0176. The van der Waals surface area contributed by atoms with Gasteiger partial charge in [-0.05, 0) is 73.0 Å². The van der Waals surface area contributed by atoms with Gasteiger partial charge in [-0.1, -0.05) is 0 Å². The molecular formula is C20H17FN2O4S. The van der Waals surface area contributed by atoms with Gasteiger partial charge >= 0.3 is 0 Å². The summed E-state index contributed by atoms with van der Waals surface area (Å²) in [6.07, 6.45) is 2.05. The maximum absolute atomic E-state index is 13.3.